The molecule has 166 valence electrons. The molecule has 11 heteroatoms. The molecule has 4 N–H and O–H groups in total. The fourth-order valence-electron chi connectivity index (χ4n) is 2.58. The molecule has 1 aliphatic heterocycles. The van der Waals surface area contributed by atoms with Crippen LogP contribution in [0.2, 0.25) is 0 Å². The van der Waals surface area contributed by atoms with Crippen molar-refractivity contribution in [3.63, 3.8) is 0 Å². The zero-order valence-corrected chi connectivity index (χ0v) is 17.6. The molecular weight excluding hydrogens is 386 g/mol. The number of carboxylic acid groups (broad SMARTS) is 1. The number of nitrogens with one attached hydrogen (secondary N) is 2. The summed E-state index contributed by atoms with van der Waals surface area (Å²) < 4.78 is 10.2. The second kappa shape index (κ2) is 9.29. The molecule has 0 aliphatic carbocycles. The molecule has 1 unspecified atom stereocenters. The van der Waals surface area contributed by atoms with Crippen molar-refractivity contribution in [1.82, 2.24) is 15.5 Å². The largest absolute Gasteiger partial charge is 0.480 e. The smallest absolute Gasteiger partial charge is 0.411 e. The molecule has 1 heterocycles. The third kappa shape index (κ3) is 8.55. The first kappa shape index (κ1) is 24.5. The number of alkyl carbamates (subject to hydrolysis) is 1. The summed E-state index contributed by atoms with van der Waals surface area (Å²) in [5.41, 5.74) is -1.52. The van der Waals surface area contributed by atoms with Crippen LogP contribution in [0.1, 0.15) is 48.0 Å². The van der Waals surface area contributed by atoms with Crippen molar-refractivity contribution < 1.29 is 38.9 Å². The molecule has 0 aromatic heterocycles. The van der Waals surface area contributed by atoms with Crippen LogP contribution in [0.25, 0.3) is 0 Å². The van der Waals surface area contributed by atoms with E-state index < -0.39 is 53.5 Å². The van der Waals surface area contributed by atoms with E-state index in [0.29, 0.717) is 0 Å². The number of rotatable bonds is 5. The van der Waals surface area contributed by atoms with Gasteiger partial charge < -0.3 is 30.3 Å². The zero-order valence-electron chi connectivity index (χ0n) is 17.6. The first-order chi connectivity index (χ1) is 13.1. The van der Waals surface area contributed by atoms with Crippen molar-refractivity contribution in [3.05, 3.63) is 0 Å². The molecular formula is C18H31N3O8. The maximum Gasteiger partial charge on any atom is 0.411 e. The van der Waals surface area contributed by atoms with Gasteiger partial charge in [-0.15, -0.1) is 0 Å². The molecule has 0 aromatic rings. The van der Waals surface area contributed by atoms with Crippen LogP contribution < -0.4 is 10.6 Å². The lowest BCUT2D eigenvalue weighted by Crippen LogP contribution is -2.48. The predicted octanol–water partition coefficient (Wildman–Crippen LogP) is 0.451. The quantitative estimate of drug-likeness (QED) is 0.503. The number of amides is 3. The molecule has 1 fully saturated rings. The highest BCUT2D eigenvalue weighted by molar-refractivity contribution is 5.84. The number of likely N-dealkylation sites (tertiary alicyclic amines) is 1. The number of aliphatic hydroxyl groups excluding tert-OH is 1. The minimum atomic E-state index is -1.57. The van der Waals surface area contributed by atoms with Gasteiger partial charge in [0.15, 0.2) is 0 Å². The lowest BCUT2D eigenvalue weighted by molar-refractivity contribution is -0.142. The molecule has 0 saturated carbocycles. The van der Waals surface area contributed by atoms with Crippen LogP contribution in [-0.4, -0.2) is 81.7 Å². The fourth-order valence-corrected chi connectivity index (χ4v) is 2.58. The summed E-state index contributed by atoms with van der Waals surface area (Å²) in [6.45, 7) is 9.52. The minimum Gasteiger partial charge on any atom is -0.480 e. The number of hydrogen-bond acceptors (Lipinski definition) is 7. The molecule has 1 saturated heterocycles. The van der Waals surface area contributed by atoms with E-state index in [2.05, 4.69) is 10.6 Å². The Morgan fingerprint density at radius 2 is 1.62 bits per heavy atom. The highest BCUT2D eigenvalue weighted by Crippen LogP contribution is 2.21. The maximum atomic E-state index is 12.2. The van der Waals surface area contributed by atoms with Gasteiger partial charge in [0.25, 0.3) is 5.91 Å². The topological polar surface area (TPSA) is 154 Å². The first-order valence-corrected chi connectivity index (χ1v) is 9.27. The van der Waals surface area contributed by atoms with Crippen molar-refractivity contribution in [1.29, 1.82) is 0 Å². The lowest BCUT2D eigenvalue weighted by atomic mass is 10.1. The third-order valence-corrected chi connectivity index (χ3v) is 3.70. The molecule has 3 amide bonds. The number of carbonyl (C=O) groups is 4. The van der Waals surface area contributed by atoms with Gasteiger partial charge in [-0.05, 0) is 41.5 Å². The Hall–Kier alpha value is -2.56. The van der Waals surface area contributed by atoms with Gasteiger partial charge in [0, 0.05) is 19.0 Å². The van der Waals surface area contributed by atoms with E-state index in [9.17, 15) is 29.4 Å². The van der Waals surface area contributed by atoms with Gasteiger partial charge >= 0.3 is 18.2 Å². The second-order valence-corrected chi connectivity index (χ2v) is 8.83. The summed E-state index contributed by atoms with van der Waals surface area (Å²) in [6.07, 6.45) is -3.19. The van der Waals surface area contributed by atoms with Crippen LogP contribution in [0, 0.1) is 0 Å². The average molecular weight is 417 g/mol. The molecule has 3 atom stereocenters. The summed E-state index contributed by atoms with van der Waals surface area (Å²) in [5.74, 6) is -2.03. The van der Waals surface area contributed by atoms with Crippen LogP contribution in [0.15, 0.2) is 0 Å². The number of aliphatic carboxylic acids is 1. The molecule has 0 radical (unpaired) electrons. The molecule has 1 aliphatic rings. The zero-order chi connectivity index (χ0) is 22.6. The van der Waals surface area contributed by atoms with Gasteiger partial charge in [-0.25, -0.2) is 14.4 Å². The van der Waals surface area contributed by atoms with Gasteiger partial charge in [0.05, 0.1) is 6.54 Å². The van der Waals surface area contributed by atoms with E-state index in [1.54, 1.807) is 41.5 Å². The van der Waals surface area contributed by atoms with E-state index in [1.807, 2.05) is 0 Å². The number of carbonyl (C=O) groups excluding carboxylic acids is 3. The standard InChI is InChI=1S/C18H31N3O8/c1-17(2,3)28-15(26)19-8-12(22)13(23)20-10-7-11(14(24)25)21(9-10)16(27)29-18(4,5)6/h10-12,22H,7-9H2,1-6H3,(H,19,26)(H,20,23)(H,24,25)/t10-,11?,12-/m0/s1. The Morgan fingerprint density at radius 1 is 1.07 bits per heavy atom. The Labute approximate surface area is 169 Å². The van der Waals surface area contributed by atoms with Crippen LogP contribution in [0.4, 0.5) is 9.59 Å². The van der Waals surface area contributed by atoms with Crippen molar-refractivity contribution in [2.45, 2.75) is 77.4 Å². The van der Waals surface area contributed by atoms with Gasteiger partial charge in [-0.1, -0.05) is 0 Å². The highest BCUT2D eigenvalue weighted by Gasteiger charge is 2.42. The van der Waals surface area contributed by atoms with Gasteiger partial charge in [0.2, 0.25) is 0 Å². The third-order valence-electron chi connectivity index (χ3n) is 3.70. The minimum absolute atomic E-state index is 0.0352. The number of carboxylic acids is 1. The summed E-state index contributed by atoms with van der Waals surface area (Å²) in [7, 11) is 0. The van der Waals surface area contributed by atoms with Crippen molar-refractivity contribution >= 4 is 24.1 Å². The van der Waals surface area contributed by atoms with Gasteiger partial charge in [-0.3, -0.25) is 9.69 Å². The average Bonchev–Trinajstić information content (AvgIpc) is 2.93. The first-order valence-electron chi connectivity index (χ1n) is 9.27. The maximum absolute atomic E-state index is 12.2. The monoisotopic (exact) mass is 417 g/mol. The number of aliphatic hydroxyl groups is 1. The lowest BCUT2D eigenvalue weighted by Gasteiger charge is -2.26. The van der Waals surface area contributed by atoms with Gasteiger partial charge in [-0.2, -0.15) is 0 Å². The Morgan fingerprint density at radius 3 is 2.10 bits per heavy atom. The van der Waals surface area contributed by atoms with Crippen molar-refractivity contribution in [2.24, 2.45) is 0 Å². The Kier molecular flexibility index (Phi) is 7.84. The molecule has 0 bridgehead atoms. The molecule has 0 spiro atoms. The van der Waals surface area contributed by atoms with Crippen molar-refractivity contribution in [3.8, 4) is 0 Å². The van der Waals surface area contributed by atoms with E-state index in [1.165, 1.54) is 0 Å². The molecule has 11 nitrogen and oxygen atoms in total. The highest BCUT2D eigenvalue weighted by atomic mass is 16.6. The van der Waals surface area contributed by atoms with Crippen LogP contribution in [-0.2, 0) is 19.1 Å². The van der Waals surface area contributed by atoms with Crippen molar-refractivity contribution in [2.75, 3.05) is 13.1 Å². The Bertz CT molecular complexity index is 638. The fraction of sp³-hybridized carbons (Fsp3) is 0.778. The normalized spacial score (nSPS) is 20.6. The summed E-state index contributed by atoms with van der Waals surface area (Å²) in [6, 6.07) is -1.85. The molecule has 0 aromatic carbocycles. The van der Waals surface area contributed by atoms with E-state index in [0.717, 1.165) is 4.90 Å². The Balaban J connectivity index is 2.61. The SMILES string of the molecule is CC(C)(C)OC(=O)NC[C@H](O)C(=O)N[C@H]1CC(C(=O)O)N(C(=O)OC(C)(C)C)C1. The summed E-state index contributed by atoms with van der Waals surface area (Å²) in [5, 5.41) is 24.0. The van der Waals surface area contributed by atoms with Crippen LogP contribution in [0.3, 0.4) is 0 Å². The second-order valence-electron chi connectivity index (χ2n) is 8.83. The van der Waals surface area contributed by atoms with E-state index in [4.69, 9.17) is 9.47 Å². The molecule has 29 heavy (non-hydrogen) atoms. The summed E-state index contributed by atoms with van der Waals surface area (Å²) >= 11 is 0. The van der Waals surface area contributed by atoms with Crippen LogP contribution in [0.5, 0.6) is 0 Å². The van der Waals surface area contributed by atoms with E-state index in [-0.39, 0.29) is 19.5 Å². The van der Waals surface area contributed by atoms with E-state index >= 15 is 0 Å². The summed E-state index contributed by atoms with van der Waals surface area (Å²) in [4.78, 5) is 48.5. The predicted molar refractivity (Wildman–Crippen MR) is 101 cm³/mol. The molecule has 1 rings (SSSR count). The number of ether oxygens (including phenoxy) is 2. The number of nitrogens with zero attached hydrogens (tertiary/aromatic N) is 1. The number of hydrogen-bond donors (Lipinski definition) is 4. The van der Waals surface area contributed by atoms with Crippen LogP contribution >= 0.6 is 0 Å². The van der Waals surface area contributed by atoms with Gasteiger partial charge in [0.1, 0.15) is 23.3 Å².